The van der Waals surface area contributed by atoms with E-state index < -0.39 is 0 Å². The molecule has 6 heteroatoms. The number of nitrogens with one attached hydrogen (secondary N) is 1. The molecule has 0 unspecified atom stereocenters. The summed E-state index contributed by atoms with van der Waals surface area (Å²) in [5, 5.41) is 4.10. The average Bonchev–Trinajstić information content (AvgIpc) is 2.58. The van der Waals surface area contributed by atoms with Crippen LogP contribution < -0.4 is 15.9 Å². The van der Waals surface area contributed by atoms with E-state index in [0.29, 0.717) is 12.3 Å². The van der Waals surface area contributed by atoms with Crippen LogP contribution in [0.1, 0.15) is 5.69 Å². The molecule has 0 saturated heterocycles. The summed E-state index contributed by atoms with van der Waals surface area (Å²) < 4.78 is 5.33. The third-order valence-electron chi connectivity index (χ3n) is 1.71. The Labute approximate surface area is 86.0 Å². The lowest BCUT2D eigenvalue weighted by Gasteiger charge is -1.96. The number of rotatable bonds is 1. The second-order valence-corrected chi connectivity index (χ2v) is 3.11. The van der Waals surface area contributed by atoms with E-state index in [4.69, 9.17) is 10.5 Å². The first-order valence-corrected chi connectivity index (χ1v) is 4.38. The zero-order chi connectivity index (χ0) is 9.97. The molecule has 5 nitrogen and oxygen atoms in total. The quantitative estimate of drug-likeness (QED) is 0.502. The van der Waals surface area contributed by atoms with Crippen molar-refractivity contribution < 1.29 is 4.74 Å². The summed E-state index contributed by atoms with van der Waals surface area (Å²) in [6, 6.07) is 3.65. The molecule has 2 rings (SSSR count). The van der Waals surface area contributed by atoms with Gasteiger partial charge in [0.2, 0.25) is 0 Å². The average molecular weight is 208 g/mol. The second-order valence-electron chi connectivity index (χ2n) is 2.67. The fourth-order valence-electron chi connectivity index (χ4n) is 1.15. The number of ether oxygens (including phenoxy) is 1. The van der Waals surface area contributed by atoms with Crippen LogP contribution in [0, 0.1) is 0 Å². The minimum atomic E-state index is 0.127. The Kier molecular flexibility index (Phi) is 2.28. The molecule has 1 aliphatic heterocycles. The molecule has 0 amide bonds. The largest absolute Gasteiger partial charge is 0.485 e. The van der Waals surface area contributed by atoms with Crippen LogP contribution in [0.5, 0.6) is 5.75 Å². The zero-order valence-corrected chi connectivity index (χ0v) is 8.04. The number of hydrazone groups is 1. The molecular weight excluding hydrogens is 200 g/mol. The van der Waals surface area contributed by atoms with Crippen molar-refractivity contribution >= 4 is 23.0 Å². The number of fused-ring (bicyclic) bond motifs is 1. The summed E-state index contributed by atoms with van der Waals surface area (Å²) in [5.74, 6) is 0.732. The van der Waals surface area contributed by atoms with Gasteiger partial charge in [-0.1, -0.05) is 0 Å². The molecule has 0 spiro atoms. The van der Waals surface area contributed by atoms with E-state index >= 15 is 0 Å². The van der Waals surface area contributed by atoms with Crippen molar-refractivity contribution in [1.82, 2.24) is 10.4 Å². The highest BCUT2D eigenvalue weighted by atomic mass is 32.1. The molecule has 0 aliphatic carbocycles. The minimum absolute atomic E-state index is 0.127. The van der Waals surface area contributed by atoms with Crippen molar-refractivity contribution in [1.29, 1.82) is 0 Å². The predicted molar refractivity (Wildman–Crippen MR) is 56.2 cm³/mol. The van der Waals surface area contributed by atoms with Crippen LogP contribution in [0.15, 0.2) is 23.4 Å². The van der Waals surface area contributed by atoms with Gasteiger partial charge in [-0.15, -0.1) is 0 Å². The molecule has 2 heterocycles. The first kappa shape index (κ1) is 8.89. The van der Waals surface area contributed by atoms with Gasteiger partial charge in [-0.25, -0.2) is 0 Å². The van der Waals surface area contributed by atoms with Gasteiger partial charge in [0.25, 0.3) is 0 Å². The van der Waals surface area contributed by atoms with Gasteiger partial charge in [0.05, 0.1) is 0 Å². The summed E-state index contributed by atoms with van der Waals surface area (Å²) in [6.07, 6.45) is 1.68. The first-order chi connectivity index (χ1) is 6.77. The third kappa shape index (κ3) is 1.64. The van der Waals surface area contributed by atoms with Gasteiger partial charge in [-0.2, -0.15) is 5.10 Å². The number of pyridine rings is 1. The fraction of sp³-hybridized carbons (Fsp3) is 0.125. The first-order valence-electron chi connectivity index (χ1n) is 3.97. The van der Waals surface area contributed by atoms with E-state index in [0.717, 1.165) is 11.4 Å². The second kappa shape index (κ2) is 3.59. The van der Waals surface area contributed by atoms with E-state index in [2.05, 4.69) is 27.7 Å². The number of nitrogens with two attached hydrogens (primary N) is 1. The molecule has 1 aromatic heterocycles. The maximum Gasteiger partial charge on any atom is 0.184 e. The Morgan fingerprint density at radius 2 is 2.57 bits per heavy atom. The Hall–Kier alpha value is -1.69. The van der Waals surface area contributed by atoms with Crippen molar-refractivity contribution in [3.05, 3.63) is 24.0 Å². The normalized spacial score (nSPS) is 16.1. The number of aromatic nitrogens is 1. The standard InChI is InChI=1S/C8H8N4OS/c9-8(14)12-11-5-4-13-6-2-1-3-10-7(5)6/h1-3H,4H2,(H3,9,12,14)/b11-5-. The van der Waals surface area contributed by atoms with Gasteiger partial charge in [-0.05, 0) is 24.4 Å². The van der Waals surface area contributed by atoms with Crippen molar-refractivity contribution in [2.75, 3.05) is 6.61 Å². The van der Waals surface area contributed by atoms with Crippen molar-refractivity contribution in [3.63, 3.8) is 0 Å². The summed E-state index contributed by atoms with van der Waals surface area (Å²) in [4.78, 5) is 4.14. The predicted octanol–water partition coefficient (Wildman–Crippen LogP) is 0.0113. The number of thiocarbonyl (C=S) groups is 1. The molecule has 1 aromatic rings. The lowest BCUT2D eigenvalue weighted by Crippen LogP contribution is -2.26. The minimum Gasteiger partial charge on any atom is -0.485 e. The van der Waals surface area contributed by atoms with E-state index in [9.17, 15) is 0 Å². The lowest BCUT2D eigenvalue weighted by atomic mass is 10.3. The fourth-order valence-corrected chi connectivity index (χ4v) is 1.19. The maximum absolute atomic E-state index is 5.33. The summed E-state index contributed by atoms with van der Waals surface area (Å²) in [6.45, 7) is 0.391. The van der Waals surface area contributed by atoms with E-state index in [1.165, 1.54) is 0 Å². The van der Waals surface area contributed by atoms with Crippen LogP contribution in [0.25, 0.3) is 0 Å². The van der Waals surface area contributed by atoms with Gasteiger partial charge in [0.1, 0.15) is 23.8 Å². The van der Waals surface area contributed by atoms with Crippen molar-refractivity contribution in [2.45, 2.75) is 0 Å². The summed E-state index contributed by atoms with van der Waals surface area (Å²) in [5.41, 5.74) is 9.18. The molecule has 0 bridgehead atoms. The summed E-state index contributed by atoms with van der Waals surface area (Å²) in [7, 11) is 0. The van der Waals surface area contributed by atoms with Crippen LogP contribution in [0.2, 0.25) is 0 Å². The van der Waals surface area contributed by atoms with Gasteiger partial charge in [-0.3, -0.25) is 10.4 Å². The Morgan fingerprint density at radius 1 is 1.71 bits per heavy atom. The highest BCUT2D eigenvalue weighted by Crippen LogP contribution is 2.21. The van der Waals surface area contributed by atoms with Gasteiger partial charge in [0, 0.05) is 6.20 Å². The molecule has 72 valence electrons. The molecule has 0 aromatic carbocycles. The molecule has 0 atom stereocenters. The molecule has 0 radical (unpaired) electrons. The number of hydrogen-bond acceptors (Lipinski definition) is 4. The van der Waals surface area contributed by atoms with Crippen LogP contribution in [-0.2, 0) is 0 Å². The van der Waals surface area contributed by atoms with E-state index in [1.54, 1.807) is 6.20 Å². The molecule has 14 heavy (non-hydrogen) atoms. The van der Waals surface area contributed by atoms with Crippen molar-refractivity contribution in [3.8, 4) is 5.75 Å². The summed E-state index contributed by atoms with van der Waals surface area (Å²) >= 11 is 4.63. The highest BCUT2D eigenvalue weighted by molar-refractivity contribution is 7.80. The molecule has 0 saturated carbocycles. The van der Waals surface area contributed by atoms with Crippen LogP contribution >= 0.6 is 12.2 Å². The van der Waals surface area contributed by atoms with Crippen LogP contribution in [0.4, 0.5) is 0 Å². The van der Waals surface area contributed by atoms with E-state index in [-0.39, 0.29) is 5.11 Å². The maximum atomic E-state index is 5.33. The zero-order valence-electron chi connectivity index (χ0n) is 7.23. The number of nitrogens with zero attached hydrogens (tertiary/aromatic N) is 2. The topological polar surface area (TPSA) is 72.5 Å². The molecule has 1 aliphatic rings. The Balaban J connectivity index is 2.26. The monoisotopic (exact) mass is 208 g/mol. The Bertz CT molecular complexity index is 404. The van der Waals surface area contributed by atoms with Gasteiger partial charge >= 0.3 is 0 Å². The van der Waals surface area contributed by atoms with Gasteiger partial charge in [0.15, 0.2) is 5.11 Å². The van der Waals surface area contributed by atoms with Crippen LogP contribution in [-0.4, -0.2) is 22.4 Å². The van der Waals surface area contributed by atoms with Crippen molar-refractivity contribution in [2.24, 2.45) is 10.8 Å². The third-order valence-corrected chi connectivity index (χ3v) is 1.80. The van der Waals surface area contributed by atoms with Crippen LogP contribution in [0.3, 0.4) is 0 Å². The van der Waals surface area contributed by atoms with Gasteiger partial charge < -0.3 is 10.5 Å². The van der Waals surface area contributed by atoms with E-state index in [1.807, 2.05) is 12.1 Å². The highest BCUT2D eigenvalue weighted by Gasteiger charge is 2.20. The molecule has 0 fully saturated rings. The lowest BCUT2D eigenvalue weighted by molar-refractivity contribution is 0.392. The molecule has 3 N–H and O–H groups in total. The molecular formula is C8H8N4OS. The smallest absolute Gasteiger partial charge is 0.184 e. The Morgan fingerprint density at radius 3 is 3.36 bits per heavy atom. The SMILES string of the molecule is NC(=S)N/N=C1/COc2cccnc21. The number of hydrogen-bond donors (Lipinski definition) is 2.